The molecule has 2 aromatic heterocycles. The zero-order valence-corrected chi connectivity index (χ0v) is 20.3. The minimum absolute atomic E-state index is 0.141. The lowest BCUT2D eigenvalue weighted by atomic mass is 10.1. The molecule has 0 unspecified atom stereocenters. The Kier molecular flexibility index (Phi) is 8.48. The van der Waals surface area contributed by atoms with Crippen molar-refractivity contribution in [1.82, 2.24) is 9.55 Å². The summed E-state index contributed by atoms with van der Waals surface area (Å²) in [7, 11) is 4.38. The van der Waals surface area contributed by atoms with Crippen LogP contribution in [-0.2, 0) is 27.2 Å². The number of anilines is 2. The third-order valence-electron chi connectivity index (χ3n) is 5.63. The molecule has 0 saturated carbocycles. The summed E-state index contributed by atoms with van der Waals surface area (Å²) in [6.45, 7) is 4.48. The highest BCUT2D eigenvalue weighted by atomic mass is 16.5. The molecule has 1 amide bonds. The highest BCUT2D eigenvalue weighted by Crippen LogP contribution is 2.33. The summed E-state index contributed by atoms with van der Waals surface area (Å²) in [6.07, 6.45) is 3.31. The number of fused-ring (bicyclic) bond motifs is 1. The van der Waals surface area contributed by atoms with Crippen LogP contribution in [0.4, 0.5) is 11.4 Å². The van der Waals surface area contributed by atoms with E-state index < -0.39 is 5.97 Å². The summed E-state index contributed by atoms with van der Waals surface area (Å²) >= 11 is 0. The van der Waals surface area contributed by atoms with E-state index in [2.05, 4.69) is 29.5 Å². The summed E-state index contributed by atoms with van der Waals surface area (Å²) in [6, 6.07) is 9.88. The number of aryl methyl sites for hydroxylation is 2. The van der Waals surface area contributed by atoms with E-state index in [1.165, 1.54) is 14.2 Å². The van der Waals surface area contributed by atoms with Crippen LogP contribution in [0.25, 0.3) is 11.0 Å². The smallest absolute Gasteiger partial charge is 0.356 e. The quantitative estimate of drug-likeness (QED) is 0.412. The molecule has 2 heterocycles. The van der Waals surface area contributed by atoms with Crippen molar-refractivity contribution in [2.75, 3.05) is 38.6 Å². The van der Waals surface area contributed by atoms with E-state index in [0.717, 1.165) is 23.4 Å². The van der Waals surface area contributed by atoms with Crippen LogP contribution >= 0.6 is 0 Å². The number of hydrogen-bond donors (Lipinski definition) is 2. The minimum Gasteiger partial charge on any atom is -0.497 e. The normalized spacial score (nSPS) is 11.8. The van der Waals surface area contributed by atoms with Gasteiger partial charge in [0.15, 0.2) is 5.69 Å². The van der Waals surface area contributed by atoms with Crippen LogP contribution in [-0.4, -0.2) is 55.4 Å². The summed E-state index contributed by atoms with van der Waals surface area (Å²) in [5.41, 5.74) is 3.05. The number of benzene rings is 1. The first-order valence-corrected chi connectivity index (χ1v) is 11.2. The molecule has 0 aliphatic carbocycles. The molecular weight excluding hydrogens is 436 g/mol. The van der Waals surface area contributed by atoms with Crippen molar-refractivity contribution in [2.24, 2.45) is 0 Å². The largest absolute Gasteiger partial charge is 0.497 e. The van der Waals surface area contributed by atoms with E-state index in [1.807, 2.05) is 30.3 Å². The number of carbonyl (C=O) groups excluding carboxylic acids is 2. The lowest BCUT2D eigenvalue weighted by Gasteiger charge is -2.13. The molecule has 182 valence electrons. The molecule has 34 heavy (non-hydrogen) atoms. The predicted octanol–water partition coefficient (Wildman–Crippen LogP) is 3.87. The van der Waals surface area contributed by atoms with Gasteiger partial charge in [-0.1, -0.05) is 19.1 Å². The molecule has 9 heteroatoms. The first kappa shape index (κ1) is 25.0. The summed E-state index contributed by atoms with van der Waals surface area (Å²) in [5.74, 6) is -0.157. The topological polar surface area (TPSA) is 104 Å². The van der Waals surface area contributed by atoms with Crippen molar-refractivity contribution in [3.05, 3.63) is 47.8 Å². The van der Waals surface area contributed by atoms with E-state index in [4.69, 9.17) is 14.2 Å². The molecule has 2 N–H and O–H groups in total. The van der Waals surface area contributed by atoms with Gasteiger partial charge in [0.1, 0.15) is 18.0 Å². The number of hydrogen-bond acceptors (Lipinski definition) is 7. The SMILES string of the molecule is CC[C@H](C)Nc1cnc2c(c1)c(NC(=O)COC)c(C(=O)OC)n2CCc1ccc(OC)cc1. The van der Waals surface area contributed by atoms with Crippen LogP contribution in [0.1, 0.15) is 36.3 Å². The molecule has 9 nitrogen and oxygen atoms in total. The van der Waals surface area contributed by atoms with Crippen molar-refractivity contribution < 1.29 is 23.8 Å². The number of amides is 1. The highest BCUT2D eigenvalue weighted by molar-refractivity contribution is 6.11. The standard InChI is InChI=1S/C25H32N4O5/c1-6-16(2)27-18-13-20-22(28-21(30)15-32-3)23(25(31)34-5)29(24(20)26-14-18)12-11-17-7-9-19(33-4)10-8-17/h7-10,13-14,16,27H,6,11-12,15H2,1-5H3,(H,28,30)/t16-/m0/s1. The maximum Gasteiger partial charge on any atom is 0.356 e. The molecule has 3 rings (SSSR count). The number of esters is 1. The number of carbonyl (C=O) groups is 2. The van der Waals surface area contributed by atoms with Gasteiger partial charge in [-0.3, -0.25) is 4.79 Å². The highest BCUT2D eigenvalue weighted by Gasteiger charge is 2.26. The van der Waals surface area contributed by atoms with Gasteiger partial charge in [-0.2, -0.15) is 0 Å². The van der Waals surface area contributed by atoms with Crippen molar-refractivity contribution >= 4 is 34.3 Å². The molecule has 0 aliphatic rings. The van der Waals surface area contributed by atoms with Crippen LogP contribution in [0.15, 0.2) is 36.5 Å². The van der Waals surface area contributed by atoms with E-state index in [-0.39, 0.29) is 24.2 Å². The fourth-order valence-electron chi connectivity index (χ4n) is 3.68. The average Bonchev–Trinajstić information content (AvgIpc) is 3.14. The second kappa shape index (κ2) is 11.5. The lowest BCUT2D eigenvalue weighted by Crippen LogP contribution is -2.20. The van der Waals surface area contributed by atoms with E-state index in [9.17, 15) is 9.59 Å². The van der Waals surface area contributed by atoms with Crippen LogP contribution in [0.5, 0.6) is 5.75 Å². The monoisotopic (exact) mass is 468 g/mol. The lowest BCUT2D eigenvalue weighted by molar-refractivity contribution is -0.119. The van der Waals surface area contributed by atoms with E-state index in [0.29, 0.717) is 29.7 Å². The zero-order chi connectivity index (χ0) is 24.7. The fraction of sp³-hybridized carbons (Fsp3) is 0.400. The van der Waals surface area contributed by atoms with Crippen LogP contribution in [0, 0.1) is 0 Å². The summed E-state index contributed by atoms with van der Waals surface area (Å²) in [4.78, 5) is 30.0. The van der Waals surface area contributed by atoms with Crippen LogP contribution in [0.3, 0.4) is 0 Å². The fourth-order valence-corrected chi connectivity index (χ4v) is 3.68. The number of pyridine rings is 1. The van der Waals surface area contributed by atoms with Crippen molar-refractivity contribution in [1.29, 1.82) is 0 Å². The second-order valence-electron chi connectivity index (χ2n) is 7.99. The Bertz CT molecular complexity index is 1140. The summed E-state index contributed by atoms with van der Waals surface area (Å²) < 4.78 is 17.1. The van der Waals surface area contributed by atoms with Crippen LogP contribution < -0.4 is 15.4 Å². The maximum absolute atomic E-state index is 12.9. The molecule has 0 bridgehead atoms. The molecule has 1 atom stereocenters. The average molecular weight is 469 g/mol. The van der Waals surface area contributed by atoms with Gasteiger partial charge in [0.2, 0.25) is 5.91 Å². The molecule has 0 aliphatic heterocycles. The van der Waals surface area contributed by atoms with E-state index >= 15 is 0 Å². The molecular formula is C25H32N4O5. The molecule has 1 aromatic carbocycles. The Balaban J connectivity index is 2.09. The number of nitrogens with zero attached hydrogens (tertiary/aromatic N) is 2. The molecule has 0 fully saturated rings. The molecule has 0 saturated heterocycles. The first-order chi connectivity index (χ1) is 16.4. The second-order valence-corrected chi connectivity index (χ2v) is 7.99. The van der Waals surface area contributed by atoms with Gasteiger partial charge in [0.25, 0.3) is 0 Å². The van der Waals surface area contributed by atoms with Gasteiger partial charge in [0.05, 0.1) is 31.8 Å². The maximum atomic E-state index is 12.9. The van der Waals surface area contributed by atoms with Gasteiger partial charge in [-0.25, -0.2) is 9.78 Å². The third-order valence-corrected chi connectivity index (χ3v) is 5.63. The zero-order valence-electron chi connectivity index (χ0n) is 20.3. The summed E-state index contributed by atoms with van der Waals surface area (Å²) in [5, 5.41) is 6.87. The Morgan fingerprint density at radius 3 is 2.50 bits per heavy atom. The Morgan fingerprint density at radius 2 is 1.88 bits per heavy atom. The number of methoxy groups -OCH3 is 3. The van der Waals surface area contributed by atoms with Crippen LogP contribution in [0.2, 0.25) is 0 Å². The minimum atomic E-state index is -0.558. The number of aromatic nitrogens is 2. The Hall–Kier alpha value is -3.59. The molecule has 3 aromatic rings. The number of rotatable bonds is 11. The molecule has 0 spiro atoms. The van der Waals surface area contributed by atoms with Crippen molar-refractivity contribution in [3.63, 3.8) is 0 Å². The van der Waals surface area contributed by atoms with Crippen molar-refractivity contribution in [2.45, 2.75) is 39.3 Å². The van der Waals surface area contributed by atoms with Gasteiger partial charge < -0.3 is 29.4 Å². The Labute approximate surface area is 199 Å². The molecule has 0 radical (unpaired) electrons. The number of nitrogens with one attached hydrogen (secondary N) is 2. The van der Waals surface area contributed by atoms with E-state index in [1.54, 1.807) is 17.9 Å². The van der Waals surface area contributed by atoms with Gasteiger partial charge in [0, 0.05) is 25.1 Å². The number of ether oxygens (including phenoxy) is 3. The third kappa shape index (κ3) is 5.66. The Morgan fingerprint density at radius 1 is 1.15 bits per heavy atom. The van der Waals surface area contributed by atoms with Crippen molar-refractivity contribution in [3.8, 4) is 5.75 Å². The van der Waals surface area contributed by atoms with Gasteiger partial charge >= 0.3 is 5.97 Å². The predicted molar refractivity (Wildman–Crippen MR) is 132 cm³/mol. The first-order valence-electron chi connectivity index (χ1n) is 11.2. The van der Waals surface area contributed by atoms with Gasteiger partial charge in [-0.05, 0) is 43.5 Å². The van der Waals surface area contributed by atoms with Gasteiger partial charge in [-0.15, -0.1) is 0 Å².